The number of ether oxygens (including phenoxy) is 1. The summed E-state index contributed by atoms with van der Waals surface area (Å²) in [6.07, 6.45) is 2.83. The topological polar surface area (TPSA) is 68.3 Å². The monoisotopic (exact) mass is 408 g/mol. The zero-order valence-electron chi connectivity index (χ0n) is 16.7. The van der Waals surface area contributed by atoms with E-state index in [-0.39, 0.29) is 6.61 Å². The van der Waals surface area contributed by atoms with Gasteiger partial charge in [-0.1, -0.05) is 66.7 Å². The standard InChI is InChI=1S/C26H20N2O3/c29-25(28-23-13-10-20(11-14-23)19-6-2-1-3-7-19)18-31-26(30)17-16-22-15-12-21-8-4-5-9-24(21)27-22/h1-17H,18H2,(H,28,29)/b17-16+. The molecular formula is C26H20N2O3. The minimum Gasteiger partial charge on any atom is -0.452 e. The SMILES string of the molecule is O=C(COC(=O)/C=C/c1ccc2ccccc2n1)Nc1ccc(-c2ccccc2)cc1. The molecule has 0 unspecified atom stereocenters. The predicted octanol–water partition coefficient (Wildman–Crippen LogP) is 5.10. The summed E-state index contributed by atoms with van der Waals surface area (Å²) in [6.45, 7) is -0.366. The molecule has 4 aromatic rings. The van der Waals surface area contributed by atoms with Crippen molar-refractivity contribution in [3.8, 4) is 11.1 Å². The normalized spacial score (nSPS) is 10.8. The molecule has 0 aliphatic carbocycles. The smallest absolute Gasteiger partial charge is 0.331 e. The molecule has 0 saturated heterocycles. The van der Waals surface area contributed by atoms with Crippen LogP contribution in [0.2, 0.25) is 0 Å². The van der Waals surface area contributed by atoms with E-state index in [1.807, 2.05) is 91.0 Å². The molecule has 0 radical (unpaired) electrons. The molecule has 5 nitrogen and oxygen atoms in total. The Morgan fingerprint density at radius 3 is 2.32 bits per heavy atom. The van der Waals surface area contributed by atoms with E-state index < -0.39 is 11.9 Å². The minimum atomic E-state index is -0.607. The van der Waals surface area contributed by atoms with Gasteiger partial charge in [0, 0.05) is 17.1 Å². The summed E-state index contributed by atoms with van der Waals surface area (Å²) in [4.78, 5) is 28.4. The number of benzene rings is 3. The summed E-state index contributed by atoms with van der Waals surface area (Å²) in [6, 6.07) is 28.9. The Labute approximate surface area is 180 Å². The molecule has 0 aliphatic heterocycles. The van der Waals surface area contributed by atoms with E-state index in [9.17, 15) is 9.59 Å². The zero-order chi connectivity index (χ0) is 21.5. The maximum absolute atomic E-state index is 12.1. The number of fused-ring (bicyclic) bond motifs is 1. The Kier molecular flexibility index (Phi) is 6.14. The van der Waals surface area contributed by atoms with Gasteiger partial charge in [-0.2, -0.15) is 0 Å². The van der Waals surface area contributed by atoms with Crippen molar-refractivity contribution in [3.05, 3.63) is 103 Å². The van der Waals surface area contributed by atoms with Crippen molar-refractivity contribution in [3.63, 3.8) is 0 Å². The molecule has 1 amide bonds. The van der Waals surface area contributed by atoms with Crippen LogP contribution in [0.4, 0.5) is 5.69 Å². The van der Waals surface area contributed by atoms with Crippen molar-refractivity contribution in [2.45, 2.75) is 0 Å². The lowest BCUT2D eigenvalue weighted by molar-refractivity contribution is -0.142. The van der Waals surface area contributed by atoms with Gasteiger partial charge in [0.15, 0.2) is 6.61 Å². The van der Waals surface area contributed by atoms with Gasteiger partial charge in [0.25, 0.3) is 5.91 Å². The first kappa shape index (κ1) is 20.0. The first-order chi connectivity index (χ1) is 15.2. The molecule has 1 aromatic heterocycles. The average Bonchev–Trinajstić information content (AvgIpc) is 2.82. The number of carbonyl (C=O) groups is 2. The summed E-state index contributed by atoms with van der Waals surface area (Å²) >= 11 is 0. The molecule has 0 fully saturated rings. The number of nitrogens with zero attached hydrogens (tertiary/aromatic N) is 1. The number of esters is 1. The highest BCUT2D eigenvalue weighted by atomic mass is 16.5. The Bertz CT molecular complexity index is 1230. The van der Waals surface area contributed by atoms with Crippen molar-refractivity contribution in [1.82, 2.24) is 4.98 Å². The van der Waals surface area contributed by atoms with E-state index in [2.05, 4.69) is 10.3 Å². The second-order valence-electron chi connectivity index (χ2n) is 6.86. The first-order valence-electron chi connectivity index (χ1n) is 9.83. The third-order valence-electron chi connectivity index (χ3n) is 4.63. The van der Waals surface area contributed by atoms with Gasteiger partial charge in [0.1, 0.15) is 0 Å². The van der Waals surface area contributed by atoms with Crippen LogP contribution < -0.4 is 5.32 Å². The number of aromatic nitrogens is 1. The summed E-state index contributed by atoms with van der Waals surface area (Å²) in [5.41, 5.74) is 4.27. The van der Waals surface area contributed by atoms with Gasteiger partial charge in [-0.05, 0) is 41.5 Å². The Balaban J connectivity index is 1.28. The van der Waals surface area contributed by atoms with Crippen LogP contribution in [0.1, 0.15) is 5.69 Å². The van der Waals surface area contributed by atoms with Gasteiger partial charge in [0.2, 0.25) is 0 Å². The number of amides is 1. The molecule has 0 bridgehead atoms. The third-order valence-corrected chi connectivity index (χ3v) is 4.63. The number of anilines is 1. The number of rotatable bonds is 6. The Hall–Kier alpha value is -4.25. The molecule has 5 heteroatoms. The zero-order valence-corrected chi connectivity index (χ0v) is 16.7. The highest BCUT2D eigenvalue weighted by Gasteiger charge is 2.06. The fourth-order valence-corrected chi connectivity index (χ4v) is 3.09. The fraction of sp³-hybridized carbons (Fsp3) is 0.0385. The van der Waals surface area contributed by atoms with Crippen LogP contribution in [0.15, 0.2) is 97.1 Å². The molecular weight excluding hydrogens is 388 g/mol. The number of para-hydroxylation sites is 1. The second-order valence-corrected chi connectivity index (χ2v) is 6.86. The number of pyridine rings is 1. The lowest BCUT2D eigenvalue weighted by Crippen LogP contribution is -2.20. The van der Waals surface area contributed by atoms with Gasteiger partial charge in [0.05, 0.1) is 11.2 Å². The molecule has 0 atom stereocenters. The van der Waals surface area contributed by atoms with Gasteiger partial charge in [-0.25, -0.2) is 9.78 Å². The summed E-state index contributed by atoms with van der Waals surface area (Å²) in [5.74, 6) is -1.01. The van der Waals surface area contributed by atoms with Crippen LogP contribution in [0.5, 0.6) is 0 Å². The van der Waals surface area contributed by atoms with E-state index in [1.165, 1.54) is 6.08 Å². The molecule has 0 saturated carbocycles. The van der Waals surface area contributed by atoms with Crippen LogP contribution in [-0.4, -0.2) is 23.5 Å². The fourth-order valence-electron chi connectivity index (χ4n) is 3.09. The summed E-state index contributed by atoms with van der Waals surface area (Å²) in [5, 5.41) is 3.74. The number of carbonyl (C=O) groups excluding carboxylic acids is 2. The van der Waals surface area contributed by atoms with Crippen molar-refractivity contribution in [1.29, 1.82) is 0 Å². The van der Waals surface area contributed by atoms with Crippen LogP contribution in [0, 0.1) is 0 Å². The molecule has 152 valence electrons. The molecule has 3 aromatic carbocycles. The van der Waals surface area contributed by atoms with E-state index in [4.69, 9.17) is 4.74 Å². The molecule has 1 heterocycles. The largest absolute Gasteiger partial charge is 0.452 e. The summed E-state index contributed by atoms with van der Waals surface area (Å²) in [7, 11) is 0. The quantitative estimate of drug-likeness (QED) is 0.356. The highest BCUT2D eigenvalue weighted by molar-refractivity contribution is 5.95. The van der Waals surface area contributed by atoms with Crippen LogP contribution >= 0.6 is 0 Å². The van der Waals surface area contributed by atoms with Gasteiger partial charge in [-0.3, -0.25) is 4.79 Å². The highest BCUT2D eigenvalue weighted by Crippen LogP contribution is 2.21. The molecule has 31 heavy (non-hydrogen) atoms. The lowest BCUT2D eigenvalue weighted by Gasteiger charge is -2.07. The van der Waals surface area contributed by atoms with Crippen molar-refractivity contribution >= 4 is 34.5 Å². The van der Waals surface area contributed by atoms with Gasteiger partial charge < -0.3 is 10.1 Å². The predicted molar refractivity (Wildman–Crippen MR) is 122 cm³/mol. The molecule has 0 aliphatic rings. The van der Waals surface area contributed by atoms with Gasteiger partial charge >= 0.3 is 5.97 Å². The number of hydrogen-bond acceptors (Lipinski definition) is 4. The average molecular weight is 408 g/mol. The molecule has 4 rings (SSSR count). The first-order valence-corrected chi connectivity index (χ1v) is 9.83. The molecule has 1 N–H and O–H groups in total. The van der Waals surface area contributed by atoms with E-state index in [0.29, 0.717) is 11.4 Å². The van der Waals surface area contributed by atoms with Crippen molar-refractivity contribution < 1.29 is 14.3 Å². The number of hydrogen-bond donors (Lipinski definition) is 1. The van der Waals surface area contributed by atoms with Crippen molar-refractivity contribution in [2.75, 3.05) is 11.9 Å². The molecule has 0 spiro atoms. The minimum absolute atomic E-state index is 0.366. The van der Waals surface area contributed by atoms with Crippen LogP contribution in [0.3, 0.4) is 0 Å². The van der Waals surface area contributed by atoms with E-state index in [1.54, 1.807) is 6.08 Å². The second kappa shape index (κ2) is 9.50. The maximum atomic E-state index is 12.1. The van der Waals surface area contributed by atoms with Crippen LogP contribution in [-0.2, 0) is 14.3 Å². The Morgan fingerprint density at radius 1 is 0.806 bits per heavy atom. The third kappa shape index (κ3) is 5.42. The van der Waals surface area contributed by atoms with Crippen molar-refractivity contribution in [2.24, 2.45) is 0 Å². The van der Waals surface area contributed by atoms with E-state index in [0.717, 1.165) is 22.0 Å². The van der Waals surface area contributed by atoms with Gasteiger partial charge in [-0.15, -0.1) is 0 Å². The maximum Gasteiger partial charge on any atom is 0.331 e. The number of nitrogens with one attached hydrogen (secondary N) is 1. The Morgan fingerprint density at radius 2 is 1.52 bits per heavy atom. The van der Waals surface area contributed by atoms with Crippen LogP contribution in [0.25, 0.3) is 28.1 Å². The summed E-state index contributed by atoms with van der Waals surface area (Å²) < 4.78 is 5.01. The lowest BCUT2D eigenvalue weighted by atomic mass is 10.1. The van der Waals surface area contributed by atoms with E-state index >= 15 is 0 Å².